The topological polar surface area (TPSA) is 57.3 Å². The van der Waals surface area contributed by atoms with Gasteiger partial charge in [-0.3, -0.25) is 4.90 Å². The zero-order chi connectivity index (χ0) is 21.9. The van der Waals surface area contributed by atoms with Gasteiger partial charge in [0.1, 0.15) is 19.4 Å². The molecule has 2 aromatic rings. The number of hydrogen-bond donors (Lipinski definition) is 1. The van der Waals surface area contributed by atoms with Gasteiger partial charge in [0, 0.05) is 38.3 Å². The summed E-state index contributed by atoms with van der Waals surface area (Å²) in [6, 6.07) is 16.7. The number of piperazine rings is 1. The maximum absolute atomic E-state index is 13.4. The van der Waals surface area contributed by atoms with Crippen molar-refractivity contribution in [2.24, 2.45) is 0 Å². The molecule has 2 amide bonds. The first-order valence-electron chi connectivity index (χ1n) is 11.7. The average molecular weight is 437 g/mol. The van der Waals surface area contributed by atoms with E-state index in [-0.39, 0.29) is 18.2 Å². The van der Waals surface area contributed by atoms with Crippen LogP contribution >= 0.6 is 0 Å². The number of carbonyl (C=O) groups is 1. The molecule has 3 aliphatic heterocycles. The van der Waals surface area contributed by atoms with Crippen LogP contribution in [0.4, 0.5) is 4.79 Å². The van der Waals surface area contributed by atoms with E-state index < -0.39 is 0 Å². The predicted molar refractivity (Wildman–Crippen MR) is 123 cm³/mol. The van der Waals surface area contributed by atoms with Crippen LogP contribution in [0.3, 0.4) is 0 Å². The molecular weight excluding hydrogens is 404 g/mol. The Balaban J connectivity index is 1.47. The summed E-state index contributed by atoms with van der Waals surface area (Å²) in [4.78, 5) is 19.9. The molecule has 0 bridgehead atoms. The molecule has 170 valence electrons. The maximum Gasteiger partial charge on any atom is 0.321 e. The summed E-state index contributed by atoms with van der Waals surface area (Å²) in [7, 11) is 0. The van der Waals surface area contributed by atoms with E-state index in [4.69, 9.17) is 9.47 Å². The number of nitrogens with one attached hydrogen (secondary N) is 1. The van der Waals surface area contributed by atoms with Gasteiger partial charge in [0.05, 0.1) is 12.6 Å². The van der Waals surface area contributed by atoms with Gasteiger partial charge < -0.3 is 24.6 Å². The number of para-hydroxylation sites is 1. The van der Waals surface area contributed by atoms with Crippen LogP contribution < -0.4 is 14.8 Å². The van der Waals surface area contributed by atoms with Gasteiger partial charge in [-0.15, -0.1) is 0 Å². The molecule has 0 saturated carbocycles. The summed E-state index contributed by atoms with van der Waals surface area (Å²) in [5, 5.41) is 3.55. The van der Waals surface area contributed by atoms with Crippen LogP contribution in [0.2, 0.25) is 0 Å². The Morgan fingerprint density at radius 3 is 2.75 bits per heavy atom. The molecular formula is C25H32N4O3. The number of amides is 2. The zero-order valence-corrected chi connectivity index (χ0v) is 18.7. The van der Waals surface area contributed by atoms with E-state index in [9.17, 15) is 4.79 Å². The van der Waals surface area contributed by atoms with Gasteiger partial charge >= 0.3 is 6.03 Å². The third-order valence-electron chi connectivity index (χ3n) is 6.57. The summed E-state index contributed by atoms with van der Waals surface area (Å²) in [5.74, 6) is 1.66. The van der Waals surface area contributed by atoms with Gasteiger partial charge in [0.25, 0.3) is 0 Å². The number of hydrogen-bond acceptors (Lipinski definition) is 5. The number of carbonyl (C=O) groups excluding carboxylic acids is 1. The lowest BCUT2D eigenvalue weighted by Gasteiger charge is -2.43. The highest BCUT2D eigenvalue weighted by atomic mass is 16.6. The van der Waals surface area contributed by atoms with Gasteiger partial charge in [0.15, 0.2) is 11.5 Å². The number of urea groups is 1. The fourth-order valence-electron chi connectivity index (χ4n) is 5.10. The smallest absolute Gasteiger partial charge is 0.321 e. The zero-order valence-electron chi connectivity index (χ0n) is 18.7. The second-order valence-corrected chi connectivity index (χ2v) is 8.65. The van der Waals surface area contributed by atoms with Crippen molar-refractivity contribution in [3.8, 4) is 11.5 Å². The van der Waals surface area contributed by atoms with E-state index in [1.807, 2.05) is 35.2 Å². The van der Waals surface area contributed by atoms with Gasteiger partial charge in [-0.25, -0.2) is 4.79 Å². The van der Waals surface area contributed by atoms with Crippen LogP contribution in [-0.4, -0.2) is 72.8 Å². The molecule has 5 rings (SSSR count). The van der Waals surface area contributed by atoms with Gasteiger partial charge in [0.2, 0.25) is 0 Å². The van der Waals surface area contributed by atoms with E-state index in [2.05, 4.69) is 40.2 Å². The number of ether oxygens (including phenoxy) is 2. The molecule has 0 spiro atoms. The predicted octanol–water partition coefficient (Wildman–Crippen LogP) is 3.08. The second kappa shape index (κ2) is 9.38. The molecule has 3 aliphatic rings. The van der Waals surface area contributed by atoms with Gasteiger partial charge in [-0.05, 0) is 18.1 Å². The second-order valence-electron chi connectivity index (χ2n) is 8.65. The molecule has 7 nitrogen and oxygen atoms in total. The highest BCUT2D eigenvalue weighted by Crippen LogP contribution is 2.40. The molecule has 32 heavy (non-hydrogen) atoms. The molecule has 0 aliphatic carbocycles. The van der Waals surface area contributed by atoms with E-state index in [0.29, 0.717) is 19.8 Å². The summed E-state index contributed by atoms with van der Waals surface area (Å²) < 4.78 is 11.9. The molecule has 2 atom stereocenters. The molecule has 2 aromatic carbocycles. The minimum atomic E-state index is 0.0155. The molecule has 7 heteroatoms. The lowest BCUT2D eigenvalue weighted by atomic mass is 10.00. The normalized spacial score (nSPS) is 23.6. The first kappa shape index (κ1) is 21.1. The highest BCUT2D eigenvalue weighted by Gasteiger charge is 2.44. The Labute approximate surface area is 189 Å². The lowest BCUT2D eigenvalue weighted by molar-refractivity contribution is 0.0355. The Kier molecular flexibility index (Phi) is 6.19. The monoisotopic (exact) mass is 436 g/mol. The molecule has 2 fully saturated rings. The summed E-state index contributed by atoms with van der Waals surface area (Å²) in [6.45, 7) is 8.00. The number of benzene rings is 2. The molecule has 0 radical (unpaired) electrons. The van der Waals surface area contributed by atoms with Crippen molar-refractivity contribution in [2.75, 3.05) is 45.9 Å². The fourth-order valence-corrected chi connectivity index (χ4v) is 5.10. The van der Waals surface area contributed by atoms with Crippen LogP contribution in [0, 0.1) is 0 Å². The Morgan fingerprint density at radius 2 is 1.91 bits per heavy atom. The average Bonchev–Trinajstić information content (AvgIpc) is 3.14. The van der Waals surface area contributed by atoms with Crippen molar-refractivity contribution in [3.05, 3.63) is 59.7 Å². The Hall–Kier alpha value is -2.77. The van der Waals surface area contributed by atoms with Crippen molar-refractivity contribution < 1.29 is 14.3 Å². The minimum Gasteiger partial charge on any atom is -0.486 e. The van der Waals surface area contributed by atoms with E-state index in [0.717, 1.165) is 61.8 Å². The number of fused-ring (bicyclic) bond motifs is 1. The summed E-state index contributed by atoms with van der Waals surface area (Å²) in [6.07, 6.45) is 0.974. The summed E-state index contributed by atoms with van der Waals surface area (Å²) in [5.41, 5.74) is 2.29. The summed E-state index contributed by atoms with van der Waals surface area (Å²) >= 11 is 0. The molecule has 3 heterocycles. The van der Waals surface area contributed by atoms with Crippen molar-refractivity contribution >= 4 is 6.03 Å². The van der Waals surface area contributed by atoms with Crippen LogP contribution in [0.25, 0.3) is 0 Å². The van der Waals surface area contributed by atoms with Gasteiger partial charge in [-0.1, -0.05) is 49.4 Å². The Bertz CT molecular complexity index is 938. The Morgan fingerprint density at radius 1 is 1.06 bits per heavy atom. The van der Waals surface area contributed by atoms with Crippen molar-refractivity contribution in [1.82, 2.24) is 20.0 Å². The first-order chi connectivity index (χ1) is 15.8. The highest BCUT2D eigenvalue weighted by molar-refractivity contribution is 5.77. The third-order valence-corrected chi connectivity index (χ3v) is 6.57. The molecule has 1 N–H and O–H groups in total. The van der Waals surface area contributed by atoms with Crippen LogP contribution in [0.15, 0.2) is 48.5 Å². The first-order valence-corrected chi connectivity index (χ1v) is 11.7. The fraction of sp³-hybridized carbons (Fsp3) is 0.480. The van der Waals surface area contributed by atoms with Crippen molar-refractivity contribution in [1.29, 1.82) is 0 Å². The third kappa shape index (κ3) is 4.02. The number of nitrogens with zero attached hydrogens (tertiary/aromatic N) is 3. The molecule has 0 aromatic heterocycles. The lowest BCUT2D eigenvalue weighted by Crippen LogP contribution is -2.55. The van der Waals surface area contributed by atoms with Crippen LogP contribution in [0.1, 0.15) is 30.5 Å². The molecule has 2 saturated heterocycles. The molecule has 2 unspecified atom stereocenters. The van der Waals surface area contributed by atoms with E-state index in [1.165, 1.54) is 0 Å². The van der Waals surface area contributed by atoms with E-state index >= 15 is 0 Å². The van der Waals surface area contributed by atoms with Crippen molar-refractivity contribution in [3.63, 3.8) is 0 Å². The minimum absolute atomic E-state index is 0.0155. The van der Waals surface area contributed by atoms with Crippen molar-refractivity contribution in [2.45, 2.75) is 32.1 Å². The maximum atomic E-state index is 13.4. The van der Waals surface area contributed by atoms with Crippen LogP contribution in [-0.2, 0) is 6.54 Å². The van der Waals surface area contributed by atoms with E-state index in [1.54, 1.807) is 0 Å². The number of rotatable bonds is 6. The SMILES string of the molecule is CCCN1CC(N2CCNCC2c2cccc3c2OCCO3)N(Cc2ccccc2)C1=O. The van der Waals surface area contributed by atoms with Gasteiger partial charge in [-0.2, -0.15) is 0 Å². The standard InChI is InChI=1S/C25H32N4O3/c1-2-12-27-18-23(29(25(27)30)17-19-7-4-3-5-8-19)28-13-11-26-16-21(28)20-9-6-10-22-24(20)32-15-14-31-22/h3-10,21,23,26H,2,11-18H2,1H3. The quantitative estimate of drug-likeness (QED) is 0.754. The van der Waals surface area contributed by atoms with Crippen LogP contribution in [0.5, 0.6) is 11.5 Å². The largest absolute Gasteiger partial charge is 0.486 e.